The lowest BCUT2D eigenvalue weighted by Crippen LogP contribution is -2.19. The van der Waals surface area contributed by atoms with Gasteiger partial charge in [-0.3, -0.25) is 4.79 Å². The number of aromatic nitrogens is 1. The summed E-state index contributed by atoms with van der Waals surface area (Å²) in [5.74, 6) is -0.671. The number of rotatable bonds is 7. The Morgan fingerprint density at radius 3 is 2.52 bits per heavy atom. The normalized spacial score (nSPS) is 11.7. The zero-order valence-corrected chi connectivity index (χ0v) is 15.0. The lowest BCUT2D eigenvalue weighted by atomic mass is 10.0. The van der Waals surface area contributed by atoms with Gasteiger partial charge in [0.1, 0.15) is 11.4 Å². The number of nitrogens with zero attached hydrogens (tertiary/aromatic N) is 2. The SMILES string of the molecule is CN(C)CCc1c(Oc2cc(CN)cc(C(F)(F)F)n2)cccc1C(N)=O. The maximum atomic E-state index is 13.1. The second-order valence-electron chi connectivity index (χ2n) is 6.20. The van der Waals surface area contributed by atoms with Gasteiger partial charge in [-0.2, -0.15) is 13.2 Å². The first-order valence-corrected chi connectivity index (χ1v) is 8.14. The van der Waals surface area contributed by atoms with Crippen molar-refractivity contribution in [3.05, 3.63) is 52.7 Å². The summed E-state index contributed by atoms with van der Waals surface area (Å²) < 4.78 is 44.8. The lowest BCUT2D eigenvalue weighted by molar-refractivity contribution is -0.141. The van der Waals surface area contributed by atoms with Crippen molar-refractivity contribution in [1.29, 1.82) is 0 Å². The van der Waals surface area contributed by atoms with Gasteiger partial charge in [0.2, 0.25) is 11.8 Å². The number of alkyl halides is 3. The Labute approximate surface area is 154 Å². The molecule has 1 heterocycles. The van der Waals surface area contributed by atoms with E-state index in [0.29, 0.717) is 18.5 Å². The molecule has 2 rings (SSSR count). The van der Waals surface area contributed by atoms with Gasteiger partial charge in [-0.1, -0.05) is 6.07 Å². The topological polar surface area (TPSA) is 94.5 Å². The van der Waals surface area contributed by atoms with Gasteiger partial charge in [0.05, 0.1) is 0 Å². The standard InChI is InChI=1S/C18H21F3N4O2/c1-25(2)7-6-12-13(17(23)26)4-3-5-14(12)27-16-9-11(10-22)8-15(24-16)18(19,20)21/h3-5,8-9H,6-7,10,22H2,1-2H3,(H2,23,26). The summed E-state index contributed by atoms with van der Waals surface area (Å²) in [6.07, 6.45) is -4.21. The second kappa shape index (κ2) is 8.36. The van der Waals surface area contributed by atoms with Crippen LogP contribution in [0.5, 0.6) is 11.6 Å². The van der Waals surface area contributed by atoms with E-state index in [1.54, 1.807) is 18.2 Å². The minimum absolute atomic E-state index is 0.100. The first kappa shape index (κ1) is 20.7. The largest absolute Gasteiger partial charge is 0.439 e. The molecule has 6 nitrogen and oxygen atoms in total. The quantitative estimate of drug-likeness (QED) is 0.768. The molecule has 1 aromatic heterocycles. The van der Waals surface area contributed by atoms with E-state index in [1.165, 1.54) is 6.07 Å². The molecular weight excluding hydrogens is 361 g/mol. The summed E-state index contributed by atoms with van der Waals surface area (Å²) in [5.41, 5.74) is 10.8. The summed E-state index contributed by atoms with van der Waals surface area (Å²) in [6, 6.07) is 6.86. The van der Waals surface area contributed by atoms with Gasteiger partial charge in [-0.25, -0.2) is 4.98 Å². The third kappa shape index (κ3) is 5.41. The minimum atomic E-state index is -4.63. The predicted molar refractivity (Wildman–Crippen MR) is 94.4 cm³/mol. The molecule has 4 N–H and O–H groups in total. The molecule has 146 valence electrons. The molecule has 1 aromatic carbocycles. The highest BCUT2D eigenvalue weighted by Gasteiger charge is 2.33. The Bertz CT molecular complexity index is 823. The van der Waals surface area contributed by atoms with Crippen LogP contribution in [0.1, 0.15) is 27.2 Å². The van der Waals surface area contributed by atoms with Crippen molar-refractivity contribution >= 4 is 5.91 Å². The highest BCUT2D eigenvalue weighted by Crippen LogP contribution is 2.33. The van der Waals surface area contributed by atoms with E-state index in [0.717, 1.165) is 6.07 Å². The fourth-order valence-electron chi connectivity index (χ4n) is 2.47. The molecule has 1 amide bonds. The van der Waals surface area contributed by atoms with E-state index in [9.17, 15) is 18.0 Å². The smallest absolute Gasteiger partial charge is 0.433 e. The second-order valence-corrected chi connectivity index (χ2v) is 6.20. The summed E-state index contributed by atoms with van der Waals surface area (Å²) in [4.78, 5) is 17.2. The molecule has 9 heteroatoms. The molecule has 0 radical (unpaired) electrons. The highest BCUT2D eigenvalue weighted by atomic mass is 19.4. The van der Waals surface area contributed by atoms with Crippen LogP contribution in [0, 0.1) is 0 Å². The number of hydrogen-bond acceptors (Lipinski definition) is 5. The first-order valence-electron chi connectivity index (χ1n) is 8.14. The average molecular weight is 382 g/mol. The van der Waals surface area contributed by atoms with Crippen LogP contribution in [0.25, 0.3) is 0 Å². The number of amides is 1. The van der Waals surface area contributed by atoms with Crippen LogP contribution in [-0.2, 0) is 19.1 Å². The monoisotopic (exact) mass is 382 g/mol. The van der Waals surface area contributed by atoms with Crippen LogP contribution < -0.4 is 16.2 Å². The molecule has 0 aliphatic heterocycles. The zero-order chi connectivity index (χ0) is 20.2. The van der Waals surface area contributed by atoms with Crippen molar-refractivity contribution in [2.24, 2.45) is 11.5 Å². The number of ether oxygens (including phenoxy) is 1. The number of pyridine rings is 1. The van der Waals surface area contributed by atoms with E-state index >= 15 is 0 Å². The summed E-state index contributed by atoms with van der Waals surface area (Å²) in [6.45, 7) is 0.488. The molecule has 27 heavy (non-hydrogen) atoms. The predicted octanol–water partition coefficient (Wildman–Crippen LogP) is 2.55. The van der Waals surface area contributed by atoms with Crippen LogP contribution in [0.3, 0.4) is 0 Å². The zero-order valence-electron chi connectivity index (χ0n) is 15.0. The van der Waals surface area contributed by atoms with Gasteiger partial charge >= 0.3 is 6.18 Å². The van der Waals surface area contributed by atoms with Crippen molar-refractivity contribution in [2.45, 2.75) is 19.1 Å². The fraction of sp³-hybridized carbons (Fsp3) is 0.333. The van der Waals surface area contributed by atoms with E-state index in [1.807, 2.05) is 19.0 Å². The number of primary amides is 1. The molecule has 0 aliphatic carbocycles. The molecule has 0 unspecified atom stereocenters. The van der Waals surface area contributed by atoms with Crippen molar-refractivity contribution in [1.82, 2.24) is 9.88 Å². The number of benzene rings is 1. The third-order valence-corrected chi connectivity index (χ3v) is 3.81. The molecule has 2 aromatic rings. The molecule has 0 aliphatic rings. The molecule has 0 bridgehead atoms. The van der Waals surface area contributed by atoms with Gasteiger partial charge < -0.3 is 21.1 Å². The maximum Gasteiger partial charge on any atom is 0.433 e. The van der Waals surface area contributed by atoms with E-state index in [-0.39, 0.29) is 29.3 Å². The van der Waals surface area contributed by atoms with Crippen molar-refractivity contribution in [3.63, 3.8) is 0 Å². The first-order chi connectivity index (χ1) is 12.6. The van der Waals surface area contributed by atoms with Crippen molar-refractivity contribution in [2.75, 3.05) is 20.6 Å². The number of carbonyl (C=O) groups excluding carboxylic acids is 1. The number of hydrogen-bond donors (Lipinski definition) is 2. The van der Waals surface area contributed by atoms with Gasteiger partial charge in [-0.05, 0) is 44.3 Å². The molecule has 0 fully saturated rings. The molecular formula is C18H21F3N4O2. The maximum absolute atomic E-state index is 13.1. The minimum Gasteiger partial charge on any atom is -0.439 e. The van der Waals surface area contributed by atoms with Crippen molar-refractivity contribution < 1.29 is 22.7 Å². The Morgan fingerprint density at radius 1 is 1.26 bits per heavy atom. The summed E-state index contributed by atoms with van der Waals surface area (Å²) in [7, 11) is 3.71. The van der Waals surface area contributed by atoms with Crippen LogP contribution in [0.15, 0.2) is 30.3 Å². The van der Waals surface area contributed by atoms with Gasteiger partial charge in [0.25, 0.3) is 0 Å². The van der Waals surface area contributed by atoms with E-state index in [4.69, 9.17) is 16.2 Å². The number of halogens is 3. The fourth-order valence-corrected chi connectivity index (χ4v) is 2.47. The average Bonchev–Trinajstić information content (AvgIpc) is 2.59. The van der Waals surface area contributed by atoms with Crippen LogP contribution in [0.4, 0.5) is 13.2 Å². The highest BCUT2D eigenvalue weighted by molar-refractivity contribution is 5.95. The Morgan fingerprint density at radius 2 is 1.96 bits per heavy atom. The Kier molecular flexibility index (Phi) is 6.40. The van der Waals surface area contributed by atoms with Gasteiger partial charge in [0, 0.05) is 30.3 Å². The third-order valence-electron chi connectivity index (χ3n) is 3.81. The van der Waals surface area contributed by atoms with Crippen LogP contribution in [-0.4, -0.2) is 36.4 Å². The molecule has 0 saturated carbocycles. The van der Waals surface area contributed by atoms with Gasteiger partial charge in [-0.15, -0.1) is 0 Å². The van der Waals surface area contributed by atoms with Crippen LogP contribution in [0.2, 0.25) is 0 Å². The Hall–Kier alpha value is -2.65. The number of likely N-dealkylation sites (N-methyl/N-ethyl adjacent to an activating group) is 1. The van der Waals surface area contributed by atoms with E-state index < -0.39 is 17.8 Å². The van der Waals surface area contributed by atoms with E-state index in [2.05, 4.69) is 4.98 Å². The Balaban J connectivity index is 2.47. The van der Waals surface area contributed by atoms with Crippen LogP contribution >= 0.6 is 0 Å². The van der Waals surface area contributed by atoms with Gasteiger partial charge in [0.15, 0.2) is 0 Å². The summed E-state index contributed by atoms with van der Waals surface area (Å²) in [5, 5.41) is 0. The lowest BCUT2D eigenvalue weighted by Gasteiger charge is -2.17. The number of carbonyl (C=O) groups is 1. The molecule has 0 saturated heterocycles. The summed E-state index contributed by atoms with van der Waals surface area (Å²) >= 11 is 0. The molecule has 0 spiro atoms. The molecule has 0 atom stereocenters. The number of nitrogens with two attached hydrogens (primary N) is 2. The van der Waals surface area contributed by atoms with Crippen molar-refractivity contribution in [3.8, 4) is 11.6 Å².